The summed E-state index contributed by atoms with van der Waals surface area (Å²) in [5.74, 6) is -0.278. The third kappa shape index (κ3) is 4.55. The normalized spacial score (nSPS) is 20.5. The lowest BCUT2D eigenvalue weighted by Gasteiger charge is -2.32. The fourth-order valence-corrected chi connectivity index (χ4v) is 4.62. The van der Waals surface area contributed by atoms with Gasteiger partial charge in [-0.15, -0.1) is 0 Å². The molecule has 2 atom stereocenters. The Morgan fingerprint density at radius 3 is 2.83 bits per heavy atom. The van der Waals surface area contributed by atoms with Crippen molar-refractivity contribution in [2.45, 2.75) is 56.5 Å². The molecule has 2 unspecified atom stereocenters. The van der Waals surface area contributed by atoms with Crippen LogP contribution in [0.1, 0.15) is 49.9 Å². The highest BCUT2D eigenvalue weighted by Crippen LogP contribution is 2.25. The molecule has 1 aromatic carbocycles. The zero-order valence-corrected chi connectivity index (χ0v) is 15.2. The number of piperidine rings is 1. The van der Waals surface area contributed by atoms with E-state index < -0.39 is 10.0 Å². The topological polar surface area (TPSA) is 92.5 Å². The van der Waals surface area contributed by atoms with Gasteiger partial charge in [0.25, 0.3) is 5.91 Å². The van der Waals surface area contributed by atoms with Gasteiger partial charge in [-0.1, -0.05) is 12.5 Å². The third-order valence-corrected chi connectivity index (χ3v) is 6.34. The molecule has 1 saturated heterocycles. The highest BCUT2D eigenvalue weighted by molar-refractivity contribution is 7.89. The van der Waals surface area contributed by atoms with Gasteiger partial charge in [-0.3, -0.25) is 4.79 Å². The standard InChI is InChI=1S/C17H27N3O3S/c1-13(18)9-10-19-17(21)15-7-5-8-16(12-15)24(22,23)20-11-4-3-6-14(20)2/h5,7-8,12-14H,3-4,6,9-11,18H2,1-2H3,(H,19,21). The number of nitrogens with one attached hydrogen (secondary N) is 1. The molecule has 24 heavy (non-hydrogen) atoms. The summed E-state index contributed by atoms with van der Waals surface area (Å²) in [6.07, 6.45) is 3.47. The summed E-state index contributed by atoms with van der Waals surface area (Å²) in [5.41, 5.74) is 6.01. The molecule has 2 rings (SSSR count). The Hall–Kier alpha value is -1.44. The predicted octanol–water partition coefficient (Wildman–Crippen LogP) is 1.72. The summed E-state index contributed by atoms with van der Waals surface area (Å²) in [6.45, 7) is 4.81. The molecule has 0 saturated carbocycles. The largest absolute Gasteiger partial charge is 0.352 e. The first-order valence-corrected chi connectivity index (χ1v) is 9.92. The molecule has 1 fully saturated rings. The Morgan fingerprint density at radius 2 is 2.17 bits per heavy atom. The molecule has 134 valence electrons. The van der Waals surface area contributed by atoms with Crippen LogP contribution in [-0.2, 0) is 10.0 Å². The van der Waals surface area contributed by atoms with Crippen LogP contribution in [0.3, 0.4) is 0 Å². The number of amides is 1. The molecule has 7 heteroatoms. The summed E-state index contributed by atoms with van der Waals surface area (Å²) < 4.78 is 27.3. The maximum absolute atomic E-state index is 12.9. The van der Waals surface area contributed by atoms with Crippen molar-refractivity contribution >= 4 is 15.9 Å². The van der Waals surface area contributed by atoms with Gasteiger partial charge in [-0.05, 0) is 51.3 Å². The van der Waals surface area contributed by atoms with Crippen LogP contribution in [0.15, 0.2) is 29.2 Å². The molecule has 1 aliphatic rings. The number of sulfonamides is 1. The molecule has 1 aliphatic heterocycles. The number of nitrogens with zero attached hydrogens (tertiary/aromatic N) is 1. The number of benzene rings is 1. The minimum Gasteiger partial charge on any atom is -0.352 e. The Labute approximate surface area is 144 Å². The van der Waals surface area contributed by atoms with E-state index in [-0.39, 0.29) is 22.9 Å². The average Bonchev–Trinajstić information content (AvgIpc) is 2.54. The van der Waals surface area contributed by atoms with Crippen molar-refractivity contribution in [3.8, 4) is 0 Å². The van der Waals surface area contributed by atoms with Gasteiger partial charge < -0.3 is 11.1 Å². The fourth-order valence-electron chi connectivity index (χ4n) is 2.88. The average molecular weight is 353 g/mol. The van der Waals surface area contributed by atoms with E-state index in [9.17, 15) is 13.2 Å². The second-order valence-corrected chi connectivity index (χ2v) is 8.40. The highest BCUT2D eigenvalue weighted by Gasteiger charge is 2.31. The molecule has 0 aromatic heterocycles. The third-order valence-electron chi connectivity index (χ3n) is 4.33. The quantitative estimate of drug-likeness (QED) is 0.814. The zero-order chi connectivity index (χ0) is 17.7. The van der Waals surface area contributed by atoms with Gasteiger partial charge in [0.15, 0.2) is 0 Å². The molecule has 0 aliphatic carbocycles. The number of hydrogen-bond donors (Lipinski definition) is 2. The van der Waals surface area contributed by atoms with Crippen molar-refractivity contribution in [3.63, 3.8) is 0 Å². The van der Waals surface area contributed by atoms with Gasteiger partial charge in [-0.2, -0.15) is 4.31 Å². The van der Waals surface area contributed by atoms with E-state index in [4.69, 9.17) is 5.73 Å². The van der Waals surface area contributed by atoms with Crippen molar-refractivity contribution < 1.29 is 13.2 Å². The van der Waals surface area contributed by atoms with Crippen LogP contribution in [-0.4, -0.2) is 43.8 Å². The van der Waals surface area contributed by atoms with Crippen molar-refractivity contribution in [1.82, 2.24) is 9.62 Å². The Bertz CT molecular complexity index is 673. The van der Waals surface area contributed by atoms with Crippen molar-refractivity contribution in [2.24, 2.45) is 5.73 Å². The van der Waals surface area contributed by atoms with E-state index in [1.54, 1.807) is 22.5 Å². The lowest BCUT2D eigenvalue weighted by Crippen LogP contribution is -2.42. The molecule has 3 N–H and O–H groups in total. The summed E-state index contributed by atoms with van der Waals surface area (Å²) in [7, 11) is -3.57. The monoisotopic (exact) mass is 353 g/mol. The Morgan fingerprint density at radius 1 is 1.42 bits per heavy atom. The van der Waals surface area contributed by atoms with E-state index in [0.29, 0.717) is 25.1 Å². The minimum absolute atomic E-state index is 0.00715. The van der Waals surface area contributed by atoms with Crippen LogP contribution in [0.5, 0.6) is 0 Å². The summed E-state index contributed by atoms with van der Waals surface area (Å²) in [5, 5.41) is 2.77. The second-order valence-electron chi connectivity index (χ2n) is 6.51. The molecule has 0 radical (unpaired) electrons. The van der Waals surface area contributed by atoms with Crippen LogP contribution >= 0.6 is 0 Å². The maximum Gasteiger partial charge on any atom is 0.251 e. The van der Waals surface area contributed by atoms with Gasteiger partial charge in [-0.25, -0.2) is 8.42 Å². The molecular formula is C17H27N3O3S. The summed E-state index contributed by atoms with van der Waals surface area (Å²) >= 11 is 0. The van der Waals surface area contributed by atoms with E-state index in [0.717, 1.165) is 19.3 Å². The Balaban J connectivity index is 2.15. The number of nitrogens with two attached hydrogens (primary N) is 1. The van der Waals surface area contributed by atoms with E-state index in [1.165, 1.54) is 6.07 Å². The van der Waals surface area contributed by atoms with Crippen LogP contribution < -0.4 is 11.1 Å². The van der Waals surface area contributed by atoms with Crippen molar-refractivity contribution in [3.05, 3.63) is 29.8 Å². The number of rotatable bonds is 6. The minimum atomic E-state index is -3.57. The SMILES string of the molecule is CC(N)CCNC(=O)c1cccc(S(=O)(=O)N2CCCCC2C)c1. The van der Waals surface area contributed by atoms with Gasteiger partial charge in [0.1, 0.15) is 0 Å². The molecule has 6 nitrogen and oxygen atoms in total. The van der Waals surface area contributed by atoms with Crippen LogP contribution in [0.4, 0.5) is 0 Å². The molecule has 1 aromatic rings. The van der Waals surface area contributed by atoms with E-state index in [1.807, 2.05) is 13.8 Å². The zero-order valence-electron chi connectivity index (χ0n) is 14.4. The molecule has 1 amide bonds. The summed E-state index contributed by atoms with van der Waals surface area (Å²) in [4.78, 5) is 12.4. The predicted molar refractivity (Wildman–Crippen MR) is 94.2 cm³/mol. The van der Waals surface area contributed by atoms with E-state index in [2.05, 4.69) is 5.32 Å². The lowest BCUT2D eigenvalue weighted by molar-refractivity contribution is 0.0952. The second kappa shape index (κ2) is 8.09. The van der Waals surface area contributed by atoms with Gasteiger partial charge in [0, 0.05) is 30.7 Å². The number of carbonyl (C=O) groups is 1. The number of carbonyl (C=O) groups excluding carboxylic acids is 1. The Kier molecular flexibility index (Phi) is 6.37. The van der Waals surface area contributed by atoms with Crippen LogP contribution in [0.25, 0.3) is 0 Å². The van der Waals surface area contributed by atoms with Crippen molar-refractivity contribution in [2.75, 3.05) is 13.1 Å². The van der Waals surface area contributed by atoms with Crippen LogP contribution in [0, 0.1) is 0 Å². The van der Waals surface area contributed by atoms with Crippen molar-refractivity contribution in [1.29, 1.82) is 0 Å². The highest BCUT2D eigenvalue weighted by atomic mass is 32.2. The fraction of sp³-hybridized carbons (Fsp3) is 0.588. The first kappa shape index (κ1) is 18.9. The molecular weight excluding hydrogens is 326 g/mol. The first-order valence-electron chi connectivity index (χ1n) is 8.48. The summed E-state index contributed by atoms with van der Waals surface area (Å²) in [6, 6.07) is 6.25. The van der Waals surface area contributed by atoms with Gasteiger partial charge in [0.2, 0.25) is 10.0 Å². The first-order chi connectivity index (χ1) is 11.3. The van der Waals surface area contributed by atoms with Gasteiger partial charge >= 0.3 is 0 Å². The maximum atomic E-state index is 12.9. The van der Waals surface area contributed by atoms with Crippen LogP contribution in [0.2, 0.25) is 0 Å². The smallest absolute Gasteiger partial charge is 0.251 e. The number of hydrogen-bond acceptors (Lipinski definition) is 4. The van der Waals surface area contributed by atoms with Gasteiger partial charge in [0.05, 0.1) is 4.90 Å². The molecule has 1 heterocycles. The molecule has 0 spiro atoms. The molecule has 0 bridgehead atoms. The van der Waals surface area contributed by atoms with E-state index >= 15 is 0 Å². The lowest BCUT2D eigenvalue weighted by atomic mass is 10.1.